The standard InChI is InChI=1S/C25H26Cl2N2O3S/c1-23(2,3)32-22(30)29-13-25(14-29)20-6-5-15(7-16(20)12-31-25)21-11-24(4,33-28-21)17-8-18(26)10-19(27)9-17/h5-10H,11-14H2,1-4H3. The van der Waals surface area contributed by atoms with Crippen LogP contribution in [0.3, 0.4) is 0 Å². The highest BCUT2D eigenvalue weighted by Gasteiger charge is 2.52. The molecule has 8 heteroatoms. The lowest BCUT2D eigenvalue weighted by atomic mass is 9.84. The summed E-state index contributed by atoms with van der Waals surface area (Å²) in [6.07, 6.45) is 0.491. The normalized spacial score (nSPS) is 23.3. The number of nitrogens with zero attached hydrogens (tertiary/aromatic N) is 2. The number of likely N-dealkylation sites (tertiary alicyclic amines) is 1. The van der Waals surface area contributed by atoms with Gasteiger partial charge in [-0.2, -0.15) is 0 Å². The van der Waals surface area contributed by atoms with Crippen LogP contribution in [0.1, 0.15) is 56.4 Å². The lowest BCUT2D eigenvalue weighted by Crippen LogP contribution is -2.61. The van der Waals surface area contributed by atoms with Crippen LogP contribution < -0.4 is 0 Å². The van der Waals surface area contributed by atoms with Crippen LogP contribution in [0.25, 0.3) is 0 Å². The third-order valence-corrected chi connectivity index (χ3v) is 7.84. The summed E-state index contributed by atoms with van der Waals surface area (Å²) in [4.78, 5) is 14.1. The van der Waals surface area contributed by atoms with Gasteiger partial charge in [0, 0.05) is 16.5 Å². The van der Waals surface area contributed by atoms with E-state index in [-0.39, 0.29) is 10.8 Å². The Bertz CT molecular complexity index is 1150. The van der Waals surface area contributed by atoms with Crippen molar-refractivity contribution in [2.45, 2.75) is 56.7 Å². The van der Waals surface area contributed by atoms with Gasteiger partial charge in [-0.3, -0.25) is 0 Å². The second-order valence-corrected chi connectivity index (χ2v) is 12.3. The molecule has 0 saturated carbocycles. The first-order chi connectivity index (χ1) is 15.5. The predicted octanol–water partition coefficient (Wildman–Crippen LogP) is 6.73. The molecule has 3 heterocycles. The zero-order chi connectivity index (χ0) is 23.6. The number of rotatable bonds is 2. The molecule has 1 saturated heterocycles. The third kappa shape index (κ3) is 4.27. The first-order valence-electron chi connectivity index (χ1n) is 10.9. The maximum atomic E-state index is 12.4. The number of benzene rings is 2. The van der Waals surface area contributed by atoms with Gasteiger partial charge in [0.2, 0.25) is 0 Å². The number of hydrogen-bond donors (Lipinski definition) is 0. The van der Waals surface area contributed by atoms with Gasteiger partial charge in [0.15, 0.2) is 0 Å². The number of fused-ring (bicyclic) bond motifs is 2. The van der Waals surface area contributed by atoms with Crippen molar-refractivity contribution in [2.75, 3.05) is 13.1 Å². The van der Waals surface area contributed by atoms with Crippen molar-refractivity contribution in [3.63, 3.8) is 0 Å². The van der Waals surface area contributed by atoms with Crippen LogP contribution in [0.5, 0.6) is 0 Å². The van der Waals surface area contributed by atoms with Crippen LogP contribution in [-0.2, 0) is 26.4 Å². The van der Waals surface area contributed by atoms with Crippen LogP contribution in [0.2, 0.25) is 10.0 Å². The summed E-state index contributed by atoms with van der Waals surface area (Å²) in [6.45, 7) is 9.35. The summed E-state index contributed by atoms with van der Waals surface area (Å²) in [5, 5.41) is 1.27. The van der Waals surface area contributed by atoms with Crippen molar-refractivity contribution in [3.05, 3.63) is 68.7 Å². The fraction of sp³-hybridized carbons (Fsp3) is 0.440. The minimum atomic E-state index is -0.506. The number of carbonyl (C=O) groups is 1. The van der Waals surface area contributed by atoms with Crippen molar-refractivity contribution >= 4 is 47.0 Å². The largest absolute Gasteiger partial charge is 0.444 e. The van der Waals surface area contributed by atoms with Crippen LogP contribution in [-0.4, -0.2) is 35.4 Å². The summed E-state index contributed by atoms with van der Waals surface area (Å²) in [7, 11) is 0. The van der Waals surface area contributed by atoms with Gasteiger partial charge < -0.3 is 14.4 Å². The highest BCUT2D eigenvalue weighted by atomic mass is 35.5. The van der Waals surface area contributed by atoms with Crippen molar-refractivity contribution in [3.8, 4) is 0 Å². The molecule has 1 fully saturated rings. The molecule has 3 aliphatic rings. The molecule has 33 heavy (non-hydrogen) atoms. The van der Waals surface area contributed by atoms with Crippen LogP contribution in [0, 0.1) is 0 Å². The molecule has 2 aromatic rings. The van der Waals surface area contributed by atoms with Crippen molar-refractivity contribution in [2.24, 2.45) is 4.40 Å². The number of carbonyl (C=O) groups excluding carboxylic acids is 1. The first kappa shape index (κ1) is 23.0. The Hall–Kier alpha value is -1.73. The van der Waals surface area contributed by atoms with Crippen LogP contribution >= 0.6 is 35.1 Å². The van der Waals surface area contributed by atoms with E-state index >= 15 is 0 Å². The van der Waals surface area contributed by atoms with E-state index in [0.29, 0.717) is 29.7 Å². The van der Waals surface area contributed by atoms with Gasteiger partial charge in [0.25, 0.3) is 0 Å². The first-order valence-corrected chi connectivity index (χ1v) is 12.5. The Morgan fingerprint density at radius 2 is 1.85 bits per heavy atom. The van der Waals surface area contributed by atoms with E-state index < -0.39 is 11.2 Å². The second kappa shape index (κ2) is 7.91. The van der Waals surface area contributed by atoms with Gasteiger partial charge in [-0.25, -0.2) is 9.19 Å². The molecule has 0 bridgehead atoms. The summed E-state index contributed by atoms with van der Waals surface area (Å²) < 4.78 is 16.3. The smallest absolute Gasteiger partial charge is 0.410 e. The average molecular weight is 505 g/mol. The Kier molecular flexibility index (Phi) is 5.52. The molecule has 1 amide bonds. The lowest BCUT2D eigenvalue weighted by Gasteiger charge is -2.47. The molecule has 1 unspecified atom stereocenters. The zero-order valence-electron chi connectivity index (χ0n) is 19.1. The highest BCUT2D eigenvalue weighted by molar-refractivity contribution is 7.99. The number of hydrogen-bond acceptors (Lipinski definition) is 5. The van der Waals surface area contributed by atoms with Gasteiger partial charge in [0.05, 0.1) is 30.2 Å². The summed E-state index contributed by atoms with van der Waals surface area (Å²) in [5.74, 6) is 0. The fourth-order valence-corrected chi connectivity index (χ4v) is 6.06. The van der Waals surface area contributed by atoms with Gasteiger partial charge in [-0.15, -0.1) is 0 Å². The van der Waals surface area contributed by atoms with Crippen LogP contribution in [0.15, 0.2) is 40.8 Å². The minimum Gasteiger partial charge on any atom is -0.444 e. The summed E-state index contributed by atoms with van der Waals surface area (Å²) in [6, 6.07) is 12.1. The molecule has 0 aliphatic carbocycles. The van der Waals surface area contributed by atoms with E-state index in [4.69, 9.17) is 37.1 Å². The molecular formula is C25H26Cl2N2O3S. The van der Waals surface area contributed by atoms with Gasteiger partial charge >= 0.3 is 6.09 Å². The summed E-state index contributed by atoms with van der Waals surface area (Å²) in [5.41, 5.74) is 4.60. The Morgan fingerprint density at radius 1 is 1.15 bits per heavy atom. The van der Waals surface area contributed by atoms with E-state index in [1.807, 2.05) is 32.9 Å². The third-order valence-electron chi connectivity index (χ3n) is 6.31. The van der Waals surface area contributed by atoms with E-state index in [1.165, 1.54) is 0 Å². The molecule has 1 atom stereocenters. The van der Waals surface area contributed by atoms with Crippen LogP contribution in [0.4, 0.5) is 4.79 Å². The van der Waals surface area contributed by atoms with Crippen molar-refractivity contribution in [1.82, 2.24) is 4.90 Å². The zero-order valence-corrected chi connectivity index (χ0v) is 21.4. The number of ether oxygens (including phenoxy) is 2. The molecular weight excluding hydrogens is 479 g/mol. The summed E-state index contributed by atoms with van der Waals surface area (Å²) >= 11 is 14.0. The fourth-order valence-electron chi connectivity index (χ4n) is 4.63. The topological polar surface area (TPSA) is 51.1 Å². The van der Waals surface area contributed by atoms with E-state index in [0.717, 1.165) is 34.4 Å². The second-order valence-electron chi connectivity index (χ2n) is 10.2. The SMILES string of the molecule is CC(C)(C)OC(=O)N1CC2(C1)OCc1cc(C3=NSC(C)(c4cc(Cl)cc(Cl)c4)C3)ccc12. The van der Waals surface area contributed by atoms with Gasteiger partial charge in [-0.1, -0.05) is 35.3 Å². The molecule has 0 aromatic heterocycles. The predicted molar refractivity (Wildman–Crippen MR) is 133 cm³/mol. The lowest BCUT2D eigenvalue weighted by molar-refractivity contribution is -0.137. The molecule has 5 rings (SSSR count). The van der Waals surface area contributed by atoms with Crippen molar-refractivity contribution < 1.29 is 14.3 Å². The molecule has 0 radical (unpaired) electrons. The van der Waals surface area contributed by atoms with E-state index in [9.17, 15) is 4.79 Å². The van der Waals surface area contributed by atoms with Crippen molar-refractivity contribution in [1.29, 1.82) is 0 Å². The Morgan fingerprint density at radius 3 is 2.52 bits per heavy atom. The maximum Gasteiger partial charge on any atom is 0.410 e. The van der Waals surface area contributed by atoms with E-state index in [2.05, 4.69) is 25.1 Å². The quantitative estimate of drug-likeness (QED) is 0.425. The molecule has 5 nitrogen and oxygen atoms in total. The molecule has 2 aromatic carbocycles. The maximum absolute atomic E-state index is 12.4. The van der Waals surface area contributed by atoms with Gasteiger partial charge in [-0.05, 0) is 86.2 Å². The molecule has 174 valence electrons. The van der Waals surface area contributed by atoms with E-state index in [1.54, 1.807) is 22.9 Å². The average Bonchev–Trinajstić information content (AvgIpc) is 3.26. The monoisotopic (exact) mass is 504 g/mol. The number of amides is 1. The molecule has 1 spiro atoms. The minimum absolute atomic E-state index is 0.220. The molecule has 3 aliphatic heterocycles. The molecule has 0 N–H and O–H groups in total. The highest BCUT2D eigenvalue weighted by Crippen LogP contribution is 2.49. The number of halogens is 2. The Balaban J connectivity index is 1.30. The van der Waals surface area contributed by atoms with Gasteiger partial charge in [0.1, 0.15) is 11.2 Å². The Labute approximate surface area is 208 Å².